The van der Waals surface area contributed by atoms with E-state index in [1.165, 1.54) is 0 Å². The number of halogens is 1. The number of nitrogens with zero attached hydrogens (tertiary/aromatic N) is 1. The Morgan fingerprint density at radius 2 is 2.05 bits per heavy atom. The number of hydrogen-bond acceptors (Lipinski definition) is 4. The maximum atomic E-state index is 12.0. The molecule has 1 heterocycles. The fourth-order valence-corrected chi connectivity index (χ4v) is 2.22. The summed E-state index contributed by atoms with van der Waals surface area (Å²) >= 11 is 3.39. The molecule has 0 aliphatic rings. The highest BCUT2D eigenvalue weighted by molar-refractivity contribution is 9.10. The summed E-state index contributed by atoms with van der Waals surface area (Å²) < 4.78 is 6.23. The molecule has 1 N–H and O–H groups in total. The molecule has 0 aliphatic carbocycles. The minimum absolute atomic E-state index is 0.224. The lowest BCUT2D eigenvalue weighted by Crippen LogP contribution is -2.13. The van der Waals surface area contributed by atoms with Gasteiger partial charge in [0.15, 0.2) is 5.69 Å². The first-order valence-corrected chi connectivity index (χ1v) is 7.49. The van der Waals surface area contributed by atoms with E-state index < -0.39 is 5.97 Å². The Morgan fingerprint density at radius 3 is 2.76 bits per heavy atom. The maximum Gasteiger partial charge on any atom is 0.357 e. The highest BCUT2D eigenvalue weighted by atomic mass is 79.9. The van der Waals surface area contributed by atoms with E-state index in [2.05, 4.69) is 26.2 Å². The van der Waals surface area contributed by atoms with Gasteiger partial charge in [0, 0.05) is 10.5 Å². The van der Waals surface area contributed by atoms with Gasteiger partial charge in [-0.25, -0.2) is 9.78 Å². The van der Waals surface area contributed by atoms with Crippen molar-refractivity contribution < 1.29 is 9.53 Å². The second-order valence-corrected chi connectivity index (χ2v) is 5.83. The fraction of sp³-hybridized carbons (Fsp3) is 0.250. The Kier molecular flexibility index (Phi) is 5.33. The van der Waals surface area contributed by atoms with Gasteiger partial charge in [-0.2, -0.15) is 0 Å². The number of pyridine rings is 1. The van der Waals surface area contributed by atoms with Crippen LogP contribution in [0.2, 0.25) is 0 Å². The molecular weight excluding hydrogens is 332 g/mol. The van der Waals surface area contributed by atoms with Gasteiger partial charge in [0.2, 0.25) is 0 Å². The molecule has 2 aromatic rings. The van der Waals surface area contributed by atoms with Gasteiger partial charge in [-0.1, -0.05) is 34.1 Å². The summed E-state index contributed by atoms with van der Waals surface area (Å²) in [6.45, 7) is 4.25. The minimum Gasteiger partial charge on any atom is -0.456 e. The molecule has 4 nitrogen and oxygen atoms in total. The van der Waals surface area contributed by atoms with Crippen molar-refractivity contribution in [2.75, 3.05) is 5.32 Å². The normalized spacial score (nSPS) is 10.5. The summed E-state index contributed by atoms with van der Waals surface area (Å²) in [5, 5.41) is 3.16. The summed E-state index contributed by atoms with van der Waals surface area (Å²) in [5.74, 6) is 0.240. The molecule has 21 heavy (non-hydrogen) atoms. The van der Waals surface area contributed by atoms with Crippen molar-refractivity contribution in [3.8, 4) is 0 Å². The molecule has 5 heteroatoms. The van der Waals surface area contributed by atoms with E-state index in [1.54, 1.807) is 12.1 Å². The lowest BCUT2D eigenvalue weighted by molar-refractivity contribution is 0.0466. The van der Waals surface area contributed by atoms with Crippen molar-refractivity contribution in [1.82, 2.24) is 4.98 Å². The third kappa shape index (κ3) is 4.86. The van der Waals surface area contributed by atoms with Gasteiger partial charge in [-0.15, -0.1) is 0 Å². The third-order valence-corrected chi connectivity index (χ3v) is 3.15. The topological polar surface area (TPSA) is 51.2 Å². The molecule has 0 unspecified atom stereocenters. The molecular formula is C16H17BrN2O2. The average Bonchev–Trinajstić information content (AvgIpc) is 2.44. The van der Waals surface area contributed by atoms with E-state index in [4.69, 9.17) is 4.74 Å². The van der Waals surface area contributed by atoms with E-state index in [1.807, 2.05) is 44.2 Å². The van der Waals surface area contributed by atoms with Crippen molar-refractivity contribution in [1.29, 1.82) is 0 Å². The Labute approximate surface area is 132 Å². The van der Waals surface area contributed by atoms with Crippen molar-refractivity contribution in [3.05, 3.63) is 58.2 Å². The molecule has 0 bridgehead atoms. The number of rotatable bonds is 5. The number of carbonyl (C=O) groups excluding carboxylic acids is 1. The van der Waals surface area contributed by atoms with Crippen molar-refractivity contribution >= 4 is 27.7 Å². The molecule has 0 saturated heterocycles. The molecule has 0 spiro atoms. The van der Waals surface area contributed by atoms with Crippen LogP contribution in [0.3, 0.4) is 0 Å². The molecule has 0 saturated carbocycles. The largest absolute Gasteiger partial charge is 0.456 e. The van der Waals surface area contributed by atoms with E-state index in [-0.39, 0.29) is 12.6 Å². The van der Waals surface area contributed by atoms with Crippen LogP contribution >= 0.6 is 15.9 Å². The van der Waals surface area contributed by atoms with Crippen LogP contribution in [-0.4, -0.2) is 17.0 Å². The SMILES string of the molecule is CC(C)Nc1cccc(C(=O)OCc2cccc(Br)c2)n1. The summed E-state index contributed by atoms with van der Waals surface area (Å²) in [5.41, 5.74) is 1.23. The van der Waals surface area contributed by atoms with Gasteiger partial charge in [0.1, 0.15) is 12.4 Å². The molecule has 0 fully saturated rings. The van der Waals surface area contributed by atoms with Crippen molar-refractivity contribution in [3.63, 3.8) is 0 Å². The van der Waals surface area contributed by atoms with Crippen LogP contribution in [-0.2, 0) is 11.3 Å². The highest BCUT2D eigenvalue weighted by Gasteiger charge is 2.10. The number of nitrogens with one attached hydrogen (secondary N) is 1. The van der Waals surface area contributed by atoms with Gasteiger partial charge in [0.05, 0.1) is 0 Å². The predicted octanol–water partition coefficient (Wildman–Crippen LogP) is 4.02. The van der Waals surface area contributed by atoms with Gasteiger partial charge in [0.25, 0.3) is 0 Å². The Bertz CT molecular complexity index is 629. The standard InChI is InChI=1S/C16H17BrN2O2/c1-11(2)18-15-8-4-7-14(19-15)16(20)21-10-12-5-3-6-13(17)9-12/h3-9,11H,10H2,1-2H3,(H,18,19). The number of anilines is 1. The van der Waals surface area contributed by atoms with Gasteiger partial charge >= 0.3 is 5.97 Å². The number of carbonyl (C=O) groups is 1. The van der Waals surface area contributed by atoms with Crippen LogP contribution in [0, 0.1) is 0 Å². The molecule has 0 atom stereocenters. The van der Waals surface area contributed by atoms with Crippen LogP contribution in [0.25, 0.3) is 0 Å². The first-order chi connectivity index (χ1) is 10.0. The monoisotopic (exact) mass is 348 g/mol. The summed E-state index contributed by atoms with van der Waals surface area (Å²) in [4.78, 5) is 16.3. The Hall–Kier alpha value is -1.88. The third-order valence-electron chi connectivity index (χ3n) is 2.65. The number of aromatic nitrogens is 1. The molecule has 110 valence electrons. The van der Waals surface area contributed by atoms with Crippen LogP contribution < -0.4 is 5.32 Å². The first-order valence-electron chi connectivity index (χ1n) is 6.70. The molecule has 1 aromatic heterocycles. The zero-order chi connectivity index (χ0) is 15.2. The van der Waals surface area contributed by atoms with Crippen LogP contribution in [0.15, 0.2) is 46.9 Å². The molecule has 1 aromatic carbocycles. The second-order valence-electron chi connectivity index (χ2n) is 4.91. The summed E-state index contributed by atoms with van der Waals surface area (Å²) in [6, 6.07) is 13.2. The summed E-state index contributed by atoms with van der Waals surface area (Å²) in [6.07, 6.45) is 0. The average molecular weight is 349 g/mol. The van der Waals surface area contributed by atoms with Gasteiger partial charge in [-0.05, 0) is 43.7 Å². The fourth-order valence-electron chi connectivity index (χ4n) is 1.77. The van der Waals surface area contributed by atoms with Gasteiger partial charge < -0.3 is 10.1 Å². The quantitative estimate of drug-likeness (QED) is 0.829. The number of benzene rings is 1. The van der Waals surface area contributed by atoms with Crippen molar-refractivity contribution in [2.24, 2.45) is 0 Å². The van der Waals surface area contributed by atoms with Crippen LogP contribution in [0.4, 0.5) is 5.82 Å². The number of ether oxygens (including phenoxy) is 1. The smallest absolute Gasteiger partial charge is 0.357 e. The predicted molar refractivity (Wildman–Crippen MR) is 86.3 cm³/mol. The second kappa shape index (κ2) is 7.22. The van der Waals surface area contributed by atoms with E-state index in [0.29, 0.717) is 11.5 Å². The zero-order valence-electron chi connectivity index (χ0n) is 12.0. The van der Waals surface area contributed by atoms with E-state index >= 15 is 0 Å². The molecule has 2 rings (SSSR count). The lowest BCUT2D eigenvalue weighted by atomic mass is 10.2. The zero-order valence-corrected chi connectivity index (χ0v) is 13.6. The van der Waals surface area contributed by atoms with Crippen LogP contribution in [0.1, 0.15) is 29.9 Å². The molecule has 0 aliphatic heterocycles. The highest BCUT2D eigenvalue weighted by Crippen LogP contribution is 2.13. The van der Waals surface area contributed by atoms with Crippen molar-refractivity contribution in [2.45, 2.75) is 26.5 Å². The lowest BCUT2D eigenvalue weighted by Gasteiger charge is -2.10. The Balaban J connectivity index is 2.00. The molecule has 0 amide bonds. The molecule has 0 radical (unpaired) electrons. The number of esters is 1. The number of hydrogen-bond donors (Lipinski definition) is 1. The maximum absolute atomic E-state index is 12.0. The first kappa shape index (κ1) is 15.5. The Morgan fingerprint density at radius 1 is 1.29 bits per heavy atom. The summed E-state index contributed by atoms with van der Waals surface area (Å²) in [7, 11) is 0. The minimum atomic E-state index is -0.428. The van der Waals surface area contributed by atoms with E-state index in [0.717, 1.165) is 10.0 Å². The van der Waals surface area contributed by atoms with Crippen LogP contribution in [0.5, 0.6) is 0 Å². The van der Waals surface area contributed by atoms with Gasteiger partial charge in [-0.3, -0.25) is 0 Å². The van der Waals surface area contributed by atoms with E-state index in [9.17, 15) is 4.79 Å².